The molecule has 0 heterocycles. The van der Waals surface area contributed by atoms with E-state index in [9.17, 15) is 12.8 Å². The monoisotopic (exact) mass is 276 g/mol. The molecule has 0 spiro atoms. The van der Waals surface area contributed by atoms with Gasteiger partial charge in [-0.05, 0) is 24.6 Å². The van der Waals surface area contributed by atoms with Crippen molar-refractivity contribution in [2.24, 2.45) is 0 Å². The number of benzene rings is 1. The van der Waals surface area contributed by atoms with Crippen molar-refractivity contribution in [3.05, 3.63) is 24.0 Å². The van der Waals surface area contributed by atoms with Gasteiger partial charge in [-0.15, -0.1) is 0 Å². The zero-order valence-corrected chi connectivity index (χ0v) is 11.1. The highest BCUT2D eigenvalue weighted by atomic mass is 32.2. The van der Waals surface area contributed by atoms with Crippen molar-refractivity contribution in [1.29, 1.82) is 0 Å². The summed E-state index contributed by atoms with van der Waals surface area (Å²) in [6.45, 7) is 2.08. The molecule has 0 radical (unpaired) electrons. The Labute approximate surface area is 106 Å². The van der Waals surface area contributed by atoms with Gasteiger partial charge in [0.2, 0.25) is 10.0 Å². The molecular weight excluding hydrogens is 259 g/mol. The fourth-order valence-corrected chi connectivity index (χ4v) is 2.83. The van der Waals surface area contributed by atoms with Gasteiger partial charge in [0.1, 0.15) is 5.82 Å². The van der Waals surface area contributed by atoms with Crippen LogP contribution < -0.4 is 10.5 Å². The molecule has 102 valence electrons. The molecule has 0 saturated carbocycles. The number of methoxy groups -OCH3 is 1. The Bertz CT molecular complexity index is 485. The number of nitrogens with one attached hydrogen (secondary N) is 1. The van der Waals surface area contributed by atoms with Crippen molar-refractivity contribution in [3.63, 3.8) is 0 Å². The van der Waals surface area contributed by atoms with E-state index in [0.29, 0.717) is 6.42 Å². The van der Waals surface area contributed by atoms with Crippen molar-refractivity contribution in [3.8, 4) is 0 Å². The van der Waals surface area contributed by atoms with Crippen LogP contribution in [0.25, 0.3) is 0 Å². The topological polar surface area (TPSA) is 81.4 Å². The second kappa shape index (κ2) is 6.12. The summed E-state index contributed by atoms with van der Waals surface area (Å²) in [6, 6.07) is 2.85. The van der Waals surface area contributed by atoms with Crippen molar-refractivity contribution in [2.45, 2.75) is 24.3 Å². The average molecular weight is 276 g/mol. The van der Waals surface area contributed by atoms with Gasteiger partial charge >= 0.3 is 0 Å². The Kier molecular flexibility index (Phi) is 5.06. The lowest BCUT2D eigenvalue weighted by molar-refractivity contribution is 0.173. The summed E-state index contributed by atoms with van der Waals surface area (Å²) in [5.41, 5.74) is 5.49. The molecule has 0 aliphatic rings. The van der Waals surface area contributed by atoms with E-state index >= 15 is 0 Å². The third-order valence-electron chi connectivity index (χ3n) is 2.39. The van der Waals surface area contributed by atoms with Crippen molar-refractivity contribution >= 4 is 15.7 Å². The summed E-state index contributed by atoms with van der Waals surface area (Å²) < 4.78 is 44.5. The zero-order chi connectivity index (χ0) is 13.8. The van der Waals surface area contributed by atoms with E-state index in [1.807, 2.05) is 6.92 Å². The Morgan fingerprint density at radius 3 is 2.61 bits per heavy atom. The molecule has 1 unspecified atom stereocenters. The number of hydrogen-bond acceptors (Lipinski definition) is 4. The minimum absolute atomic E-state index is 0.0650. The molecule has 0 aliphatic carbocycles. The first-order valence-electron chi connectivity index (χ1n) is 5.46. The molecule has 1 atom stereocenters. The average Bonchev–Trinajstić information content (AvgIpc) is 2.27. The van der Waals surface area contributed by atoms with Crippen LogP contribution in [-0.2, 0) is 14.8 Å². The quantitative estimate of drug-likeness (QED) is 0.763. The van der Waals surface area contributed by atoms with Crippen LogP contribution in [0.1, 0.15) is 13.3 Å². The summed E-state index contributed by atoms with van der Waals surface area (Å²) in [5.74, 6) is -0.685. The lowest BCUT2D eigenvalue weighted by atomic mass is 10.3. The molecule has 0 aliphatic heterocycles. The second-order valence-corrected chi connectivity index (χ2v) is 5.62. The Hall–Kier alpha value is -1.18. The van der Waals surface area contributed by atoms with Crippen molar-refractivity contribution in [2.75, 3.05) is 19.5 Å². The van der Waals surface area contributed by atoms with Crippen LogP contribution in [-0.4, -0.2) is 28.2 Å². The minimum Gasteiger partial charge on any atom is -0.399 e. The molecule has 1 rings (SSSR count). The van der Waals surface area contributed by atoms with Gasteiger partial charge in [0.25, 0.3) is 0 Å². The highest BCUT2D eigenvalue weighted by Crippen LogP contribution is 2.16. The van der Waals surface area contributed by atoms with Crippen LogP contribution in [0.4, 0.5) is 10.1 Å². The molecule has 3 N–H and O–H groups in total. The van der Waals surface area contributed by atoms with Crippen LogP contribution in [0.3, 0.4) is 0 Å². The predicted octanol–water partition coefficient (Wildman–Crippen LogP) is 1.11. The van der Waals surface area contributed by atoms with Gasteiger partial charge in [-0.1, -0.05) is 6.92 Å². The van der Waals surface area contributed by atoms with Gasteiger partial charge in [-0.2, -0.15) is 0 Å². The number of anilines is 1. The molecule has 1 aromatic carbocycles. The standard InChI is InChI=1S/C11H17FN2O3S/c1-3-10(7-17-2)14-18(15,16)11-5-8(12)4-9(13)6-11/h4-6,10,14H,3,7,13H2,1-2H3. The maximum absolute atomic E-state index is 13.1. The minimum atomic E-state index is -3.79. The van der Waals surface area contributed by atoms with Gasteiger partial charge in [-0.25, -0.2) is 17.5 Å². The molecule has 0 fully saturated rings. The van der Waals surface area contributed by atoms with Gasteiger partial charge in [0.05, 0.1) is 11.5 Å². The van der Waals surface area contributed by atoms with E-state index in [0.717, 1.165) is 12.1 Å². The highest BCUT2D eigenvalue weighted by molar-refractivity contribution is 7.89. The molecule has 1 aromatic rings. The Morgan fingerprint density at radius 1 is 1.44 bits per heavy atom. The SMILES string of the molecule is CCC(COC)NS(=O)(=O)c1cc(N)cc(F)c1. The number of hydrogen-bond donors (Lipinski definition) is 2. The number of nitrogens with two attached hydrogens (primary N) is 1. The predicted molar refractivity (Wildman–Crippen MR) is 67.1 cm³/mol. The highest BCUT2D eigenvalue weighted by Gasteiger charge is 2.20. The lowest BCUT2D eigenvalue weighted by Gasteiger charge is -2.16. The summed E-state index contributed by atoms with van der Waals surface area (Å²) in [4.78, 5) is -0.186. The molecule has 18 heavy (non-hydrogen) atoms. The Balaban J connectivity index is 2.98. The summed E-state index contributed by atoms with van der Waals surface area (Å²) >= 11 is 0. The maximum atomic E-state index is 13.1. The van der Waals surface area contributed by atoms with E-state index in [-0.39, 0.29) is 23.2 Å². The molecule has 0 aromatic heterocycles. The fourth-order valence-electron chi connectivity index (χ4n) is 1.46. The van der Waals surface area contributed by atoms with E-state index in [2.05, 4.69) is 4.72 Å². The van der Waals surface area contributed by atoms with Crippen LogP contribution in [0.5, 0.6) is 0 Å². The number of halogens is 1. The molecule has 5 nitrogen and oxygen atoms in total. The van der Waals surface area contributed by atoms with Crippen LogP contribution in [0.2, 0.25) is 0 Å². The van der Waals surface area contributed by atoms with E-state index in [1.54, 1.807) is 0 Å². The van der Waals surface area contributed by atoms with E-state index < -0.39 is 15.8 Å². The second-order valence-electron chi connectivity index (χ2n) is 3.90. The molecule has 0 amide bonds. The molecule has 0 saturated heterocycles. The molecule has 0 bridgehead atoms. The van der Waals surface area contributed by atoms with E-state index in [4.69, 9.17) is 10.5 Å². The first kappa shape index (κ1) is 14.9. The summed E-state index contributed by atoms with van der Waals surface area (Å²) in [7, 11) is -2.31. The van der Waals surface area contributed by atoms with Crippen LogP contribution in [0, 0.1) is 5.82 Å². The largest absolute Gasteiger partial charge is 0.399 e. The third-order valence-corrected chi connectivity index (χ3v) is 3.89. The van der Waals surface area contributed by atoms with Crippen molar-refractivity contribution in [1.82, 2.24) is 4.72 Å². The maximum Gasteiger partial charge on any atom is 0.241 e. The van der Waals surface area contributed by atoms with Crippen LogP contribution >= 0.6 is 0 Å². The number of nitrogen functional groups attached to an aromatic ring is 1. The smallest absolute Gasteiger partial charge is 0.241 e. The Morgan fingerprint density at radius 2 is 2.11 bits per heavy atom. The van der Waals surface area contributed by atoms with Gasteiger partial charge < -0.3 is 10.5 Å². The number of sulfonamides is 1. The van der Waals surface area contributed by atoms with Gasteiger partial charge in [0, 0.05) is 18.8 Å². The zero-order valence-electron chi connectivity index (χ0n) is 10.3. The molecule has 7 heteroatoms. The summed E-state index contributed by atoms with van der Waals surface area (Å²) in [5, 5.41) is 0. The summed E-state index contributed by atoms with van der Waals surface area (Å²) in [6.07, 6.45) is 0.567. The van der Waals surface area contributed by atoms with E-state index in [1.165, 1.54) is 13.2 Å². The number of rotatable bonds is 6. The normalized spacial score (nSPS) is 13.5. The number of ether oxygens (including phenoxy) is 1. The first-order valence-corrected chi connectivity index (χ1v) is 6.94. The molecular formula is C11H17FN2O3S. The van der Waals surface area contributed by atoms with Crippen LogP contribution in [0.15, 0.2) is 23.1 Å². The van der Waals surface area contributed by atoms with Crippen molar-refractivity contribution < 1.29 is 17.5 Å². The lowest BCUT2D eigenvalue weighted by Crippen LogP contribution is -2.37. The van der Waals surface area contributed by atoms with Gasteiger partial charge in [-0.3, -0.25) is 0 Å². The first-order chi connectivity index (χ1) is 8.39. The third kappa shape index (κ3) is 3.94. The van der Waals surface area contributed by atoms with Gasteiger partial charge in [0.15, 0.2) is 0 Å². The fraction of sp³-hybridized carbons (Fsp3) is 0.455.